The number of carbonyl (C=O) groups excluding carboxylic acids is 1. The van der Waals surface area contributed by atoms with Gasteiger partial charge in [-0.25, -0.2) is 0 Å². The number of nitriles is 1. The molecule has 2 aliphatic rings. The first-order chi connectivity index (χ1) is 14.1. The van der Waals surface area contributed by atoms with Gasteiger partial charge in [-0.1, -0.05) is 48.9 Å². The molecule has 2 heterocycles. The van der Waals surface area contributed by atoms with Crippen LogP contribution in [0.1, 0.15) is 42.9 Å². The van der Waals surface area contributed by atoms with Gasteiger partial charge < -0.3 is 4.74 Å². The highest BCUT2D eigenvalue weighted by Crippen LogP contribution is 2.33. The van der Waals surface area contributed by atoms with Crippen molar-refractivity contribution >= 4 is 11.7 Å². The van der Waals surface area contributed by atoms with Crippen molar-refractivity contribution in [3.8, 4) is 17.2 Å². The number of ether oxygens (including phenoxy) is 1. The molecule has 1 spiro atoms. The van der Waals surface area contributed by atoms with Crippen molar-refractivity contribution in [2.75, 3.05) is 13.2 Å². The van der Waals surface area contributed by atoms with Crippen molar-refractivity contribution in [1.82, 2.24) is 4.90 Å². The van der Waals surface area contributed by atoms with Crippen LogP contribution in [0.2, 0.25) is 0 Å². The lowest BCUT2D eigenvalue weighted by Gasteiger charge is -2.22. The van der Waals surface area contributed by atoms with E-state index in [0.717, 1.165) is 40.9 Å². The second-order valence-electron chi connectivity index (χ2n) is 7.86. The predicted octanol–water partition coefficient (Wildman–Crippen LogP) is 4.23. The third kappa shape index (κ3) is 3.56. The van der Waals surface area contributed by atoms with E-state index >= 15 is 0 Å². The molecule has 2 aromatic rings. The minimum absolute atomic E-state index is 0.0629. The third-order valence-corrected chi connectivity index (χ3v) is 5.67. The summed E-state index contributed by atoms with van der Waals surface area (Å²) in [6, 6.07) is 16.2. The summed E-state index contributed by atoms with van der Waals surface area (Å²) in [7, 11) is 0. The minimum atomic E-state index is -0.701. The summed E-state index contributed by atoms with van der Waals surface area (Å²) in [5.41, 5.74) is 4.08. The van der Waals surface area contributed by atoms with Crippen LogP contribution in [0.3, 0.4) is 0 Å². The molecule has 0 bridgehead atoms. The van der Waals surface area contributed by atoms with Crippen LogP contribution in [0.4, 0.5) is 0 Å². The van der Waals surface area contributed by atoms with E-state index in [1.165, 1.54) is 0 Å². The van der Waals surface area contributed by atoms with Gasteiger partial charge in [0, 0.05) is 19.4 Å². The normalized spacial score (nSPS) is 20.9. The van der Waals surface area contributed by atoms with Crippen molar-refractivity contribution in [2.45, 2.75) is 45.2 Å². The first-order valence-corrected chi connectivity index (χ1v) is 10.1. The highest BCUT2D eigenvalue weighted by Gasteiger charge is 2.50. The maximum absolute atomic E-state index is 13.1. The molecule has 4 rings (SSSR count). The van der Waals surface area contributed by atoms with Crippen LogP contribution in [-0.2, 0) is 16.1 Å². The standard InChI is InChI=1S/C24H25N3O2/c1-3-4-22-26-24(11-12-29-16-24)23(28)27(22)15-18-6-9-19(10-7-18)21-13-17(2)5-8-20(21)14-25/h5-10,13H,3-4,11-12,15-16H2,1-2H3. The monoisotopic (exact) mass is 387 g/mol. The molecule has 1 saturated heterocycles. The fourth-order valence-corrected chi connectivity index (χ4v) is 4.08. The quantitative estimate of drug-likeness (QED) is 0.771. The zero-order valence-electron chi connectivity index (χ0n) is 16.9. The summed E-state index contributed by atoms with van der Waals surface area (Å²) in [4.78, 5) is 19.8. The molecule has 1 fully saturated rings. The first-order valence-electron chi connectivity index (χ1n) is 10.1. The third-order valence-electron chi connectivity index (χ3n) is 5.67. The number of hydrogen-bond acceptors (Lipinski definition) is 4. The average molecular weight is 387 g/mol. The number of carbonyl (C=O) groups is 1. The van der Waals surface area contributed by atoms with Crippen molar-refractivity contribution in [2.24, 2.45) is 4.99 Å². The van der Waals surface area contributed by atoms with Crippen LogP contribution < -0.4 is 0 Å². The van der Waals surface area contributed by atoms with Gasteiger partial charge in [0.05, 0.1) is 24.8 Å². The average Bonchev–Trinajstić information content (AvgIpc) is 3.30. The molecule has 5 nitrogen and oxygen atoms in total. The lowest BCUT2D eigenvalue weighted by molar-refractivity contribution is -0.131. The summed E-state index contributed by atoms with van der Waals surface area (Å²) in [6.45, 7) is 5.62. The Bertz CT molecular complexity index is 996. The lowest BCUT2D eigenvalue weighted by atomic mass is 9.97. The number of hydrogen-bond donors (Lipinski definition) is 0. The van der Waals surface area contributed by atoms with Crippen molar-refractivity contribution < 1.29 is 9.53 Å². The Labute approximate surface area is 171 Å². The fourth-order valence-electron chi connectivity index (χ4n) is 4.08. The summed E-state index contributed by atoms with van der Waals surface area (Å²) in [5.74, 6) is 0.936. The molecule has 0 saturated carbocycles. The maximum Gasteiger partial charge on any atom is 0.258 e. The zero-order valence-corrected chi connectivity index (χ0v) is 16.9. The van der Waals surface area contributed by atoms with Gasteiger partial charge in [0.25, 0.3) is 5.91 Å². The van der Waals surface area contributed by atoms with Gasteiger partial charge in [-0.15, -0.1) is 0 Å². The Morgan fingerprint density at radius 2 is 2.03 bits per heavy atom. The summed E-state index contributed by atoms with van der Waals surface area (Å²) >= 11 is 0. The Balaban J connectivity index is 1.58. The molecule has 1 atom stereocenters. The first kappa shape index (κ1) is 19.4. The molecule has 1 unspecified atom stereocenters. The van der Waals surface area contributed by atoms with Gasteiger partial charge in [-0.2, -0.15) is 5.26 Å². The summed E-state index contributed by atoms with van der Waals surface area (Å²) in [6.07, 6.45) is 2.40. The maximum atomic E-state index is 13.1. The van der Waals surface area contributed by atoms with E-state index in [9.17, 15) is 10.1 Å². The molecule has 0 radical (unpaired) electrons. The molecular weight excluding hydrogens is 362 g/mol. The largest absolute Gasteiger partial charge is 0.378 e. The number of benzene rings is 2. The van der Waals surface area contributed by atoms with Crippen molar-refractivity contribution in [3.63, 3.8) is 0 Å². The number of amidine groups is 1. The minimum Gasteiger partial charge on any atom is -0.378 e. The highest BCUT2D eigenvalue weighted by atomic mass is 16.5. The number of nitrogens with zero attached hydrogens (tertiary/aromatic N) is 3. The Morgan fingerprint density at radius 1 is 1.24 bits per heavy atom. The number of rotatable bonds is 5. The molecule has 0 N–H and O–H groups in total. The molecule has 29 heavy (non-hydrogen) atoms. The molecule has 2 aliphatic heterocycles. The SMILES string of the molecule is CCCC1=NC2(CCOC2)C(=O)N1Cc1ccc(-c2cc(C)ccc2C#N)cc1. The molecule has 1 amide bonds. The van der Waals surface area contributed by atoms with Crippen LogP contribution in [0.5, 0.6) is 0 Å². The Hall–Kier alpha value is -2.97. The lowest BCUT2D eigenvalue weighted by Crippen LogP contribution is -2.42. The van der Waals surface area contributed by atoms with Crippen LogP contribution in [-0.4, -0.2) is 35.4 Å². The topological polar surface area (TPSA) is 65.7 Å². The van der Waals surface area contributed by atoms with E-state index in [1.807, 2.05) is 54.3 Å². The number of amides is 1. The van der Waals surface area contributed by atoms with Crippen LogP contribution in [0, 0.1) is 18.3 Å². The molecule has 2 aromatic carbocycles. The molecule has 5 heteroatoms. The predicted molar refractivity (Wildman–Crippen MR) is 112 cm³/mol. The van der Waals surface area contributed by atoms with E-state index in [0.29, 0.717) is 31.7 Å². The number of aryl methyl sites for hydroxylation is 1. The van der Waals surface area contributed by atoms with Gasteiger partial charge in [0.1, 0.15) is 5.84 Å². The Morgan fingerprint density at radius 3 is 2.69 bits per heavy atom. The molecule has 0 aliphatic carbocycles. The van der Waals surface area contributed by atoms with E-state index in [4.69, 9.17) is 9.73 Å². The van der Waals surface area contributed by atoms with Crippen LogP contribution in [0.15, 0.2) is 47.5 Å². The number of aliphatic imine (C=N–C) groups is 1. The fraction of sp³-hybridized carbons (Fsp3) is 0.375. The summed E-state index contributed by atoms with van der Waals surface area (Å²) in [5, 5.41) is 9.41. The smallest absolute Gasteiger partial charge is 0.258 e. The van der Waals surface area contributed by atoms with E-state index in [-0.39, 0.29) is 5.91 Å². The van der Waals surface area contributed by atoms with Gasteiger partial charge in [0.15, 0.2) is 5.54 Å². The zero-order chi connectivity index (χ0) is 20.4. The van der Waals surface area contributed by atoms with Gasteiger partial charge >= 0.3 is 0 Å². The second kappa shape index (κ2) is 7.81. The van der Waals surface area contributed by atoms with Crippen LogP contribution >= 0.6 is 0 Å². The van der Waals surface area contributed by atoms with Gasteiger partial charge in [0.2, 0.25) is 0 Å². The molecule has 148 valence electrons. The van der Waals surface area contributed by atoms with E-state index in [1.54, 1.807) is 0 Å². The highest BCUT2D eigenvalue weighted by molar-refractivity contribution is 6.08. The Kier molecular flexibility index (Phi) is 5.21. The van der Waals surface area contributed by atoms with Gasteiger partial charge in [-0.3, -0.25) is 14.7 Å². The van der Waals surface area contributed by atoms with Gasteiger partial charge in [-0.05, 0) is 36.1 Å². The van der Waals surface area contributed by atoms with Crippen molar-refractivity contribution in [1.29, 1.82) is 5.26 Å². The van der Waals surface area contributed by atoms with E-state index in [2.05, 4.69) is 13.0 Å². The van der Waals surface area contributed by atoms with E-state index < -0.39 is 5.54 Å². The van der Waals surface area contributed by atoms with Crippen molar-refractivity contribution in [3.05, 3.63) is 59.2 Å². The second-order valence-corrected chi connectivity index (χ2v) is 7.86. The van der Waals surface area contributed by atoms with Crippen LogP contribution in [0.25, 0.3) is 11.1 Å². The molecular formula is C24H25N3O2. The summed E-state index contributed by atoms with van der Waals surface area (Å²) < 4.78 is 5.49. The molecule has 0 aromatic heterocycles.